The molecule has 5 heteroatoms. The van der Waals surface area contributed by atoms with Gasteiger partial charge >= 0.3 is 0 Å². The van der Waals surface area contributed by atoms with Crippen molar-refractivity contribution in [3.8, 4) is 0 Å². The van der Waals surface area contributed by atoms with Crippen molar-refractivity contribution in [3.05, 3.63) is 70.3 Å². The predicted molar refractivity (Wildman–Crippen MR) is 81.4 cm³/mol. The summed E-state index contributed by atoms with van der Waals surface area (Å²) in [7, 11) is 0. The second kappa shape index (κ2) is 5.66. The standard InChI is InChI=1S/C16H15N3O2/c20-15-10-12(5-7-17-15)16(21)18-8-6-13-9-11-3-1-2-4-14(11)19-13/h1-5,7,9-10,19H,6,8H2,(H,17,20)(H,18,21). The first-order chi connectivity index (χ1) is 10.2. The van der Waals surface area contributed by atoms with Gasteiger partial charge in [-0.15, -0.1) is 0 Å². The molecule has 0 unspecified atom stereocenters. The molecular weight excluding hydrogens is 266 g/mol. The van der Waals surface area contributed by atoms with Crippen molar-refractivity contribution in [2.75, 3.05) is 6.54 Å². The number of H-pyrrole nitrogens is 2. The zero-order chi connectivity index (χ0) is 14.7. The number of aromatic nitrogens is 2. The van der Waals surface area contributed by atoms with Gasteiger partial charge in [0.05, 0.1) is 0 Å². The Labute approximate surface area is 121 Å². The molecule has 0 radical (unpaired) electrons. The van der Waals surface area contributed by atoms with Gasteiger partial charge in [-0.3, -0.25) is 9.59 Å². The van der Waals surface area contributed by atoms with E-state index in [0.717, 1.165) is 16.6 Å². The Kier molecular flexibility index (Phi) is 3.55. The van der Waals surface area contributed by atoms with E-state index in [4.69, 9.17) is 0 Å². The summed E-state index contributed by atoms with van der Waals surface area (Å²) in [5.41, 5.74) is 2.25. The number of aromatic amines is 2. The topological polar surface area (TPSA) is 77.8 Å². The summed E-state index contributed by atoms with van der Waals surface area (Å²) in [5.74, 6) is -0.239. The lowest BCUT2D eigenvalue weighted by molar-refractivity contribution is 0.0954. The van der Waals surface area contributed by atoms with Crippen molar-refractivity contribution in [2.45, 2.75) is 6.42 Å². The molecular formula is C16H15N3O2. The Morgan fingerprint density at radius 2 is 2.00 bits per heavy atom. The fourth-order valence-electron chi connectivity index (χ4n) is 2.27. The van der Waals surface area contributed by atoms with Gasteiger partial charge in [0.2, 0.25) is 5.56 Å². The van der Waals surface area contributed by atoms with Gasteiger partial charge in [-0.1, -0.05) is 18.2 Å². The summed E-state index contributed by atoms with van der Waals surface area (Å²) in [6.07, 6.45) is 2.18. The number of amides is 1. The zero-order valence-corrected chi connectivity index (χ0v) is 11.3. The number of carbonyl (C=O) groups excluding carboxylic acids is 1. The Hall–Kier alpha value is -2.82. The Balaban J connectivity index is 1.60. The van der Waals surface area contributed by atoms with Gasteiger partial charge < -0.3 is 15.3 Å². The number of hydrogen-bond acceptors (Lipinski definition) is 2. The number of rotatable bonds is 4. The lowest BCUT2D eigenvalue weighted by atomic mass is 10.2. The van der Waals surface area contributed by atoms with Gasteiger partial charge in [0.1, 0.15) is 0 Å². The molecule has 1 aromatic carbocycles. The summed E-state index contributed by atoms with van der Waals surface area (Å²) < 4.78 is 0. The first-order valence-electron chi connectivity index (χ1n) is 6.76. The molecule has 106 valence electrons. The van der Waals surface area contributed by atoms with Crippen molar-refractivity contribution >= 4 is 16.8 Å². The Morgan fingerprint density at radius 1 is 1.14 bits per heavy atom. The SMILES string of the molecule is O=C(NCCc1cc2ccccc2[nH]1)c1cc[nH]c(=O)c1. The van der Waals surface area contributed by atoms with Crippen LogP contribution < -0.4 is 10.9 Å². The fraction of sp³-hybridized carbons (Fsp3) is 0.125. The van der Waals surface area contributed by atoms with E-state index in [9.17, 15) is 9.59 Å². The van der Waals surface area contributed by atoms with Crippen LogP contribution in [-0.4, -0.2) is 22.4 Å². The third-order valence-corrected chi connectivity index (χ3v) is 3.30. The zero-order valence-electron chi connectivity index (χ0n) is 11.3. The van der Waals surface area contributed by atoms with Crippen LogP contribution in [-0.2, 0) is 6.42 Å². The van der Waals surface area contributed by atoms with E-state index in [1.807, 2.05) is 24.3 Å². The molecule has 0 aliphatic heterocycles. The maximum Gasteiger partial charge on any atom is 0.251 e. The van der Waals surface area contributed by atoms with E-state index in [0.29, 0.717) is 18.5 Å². The molecule has 0 aliphatic rings. The number of fused-ring (bicyclic) bond motifs is 1. The van der Waals surface area contributed by atoms with Crippen molar-refractivity contribution < 1.29 is 4.79 Å². The van der Waals surface area contributed by atoms with Crippen LogP contribution in [0.4, 0.5) is 0 Å². The molecule has 0 atom stereocenters. The highest BCUT2D eigenvalue weighted by molar-refractivity contribution is 5.93. The number of pyridine rings is 1. The quantitative estimate of drug-likeness (QED) is 0.682. The highest BCUT2D eigenvalue weighted by Crippen LogP contribution is 2.14. The van der Waals surface area contributed by atoms with E-state index < -0.39 is 0 Å². The summed E-state index contributed by atoms with van der Waals surface area (Å²) in [4.78, 5) is 28.8. The molecule has 0 fully saturated rings. The van der Waals surface area contributed by atoms with Crippen molar-refractivity contribution in [1.82, 2.24) is 15.3 Å². The lowest BCUT2D eigenvalue weighted by Gasteiger charge is -2.03. The van der Waals surface area contributed by atoms with Gasteiger partial charge in [-0.25, -0.2) is 0 Å². The second-order valence-corrected chi connectivity index (χ2v) is 4.83. The molecule has 3 aromatic rings. The Bertz CT molecular complexity index is 799. The van der Waals surface area contributed by atoms with Gasteiger partial charge in [0, 0.05) is 42.0 Å². The number of carbonyl (C=O) groups is 1. The minimum absolute atomic E-state index is 0.239. The van der Waals surface area contributed by atoms with Crippen LogP contribution in [0.15, 0.2) is 53.5 Å². The lowest BCUT2D eigenvalue weighted by Crippen LogP contribution is -2.26. The molecule has 0 bridgehead atoms. The van der Waals surface area contributed by atoms with Crippen LogP contribution in [0, 0.1) is 0 Å². The average Bonchev–Trinajstić information content (AvgIpc) is 2.89. The monoisotopic (exact) mass is 281 g/mol. The Morgan fingerprint density at radius 3 is 2.81 bits per heavy atom. The number of benzene rings is 1. The fourth-order valence-corrected chi connectivity index (χ4v) is 2.27. The molecule has 3 rings (SSSR count). The molecule has 0 saturated heterocycles. The molecule has 0 aliphatic carbocycles. The molecule has 5 nitrogen and oxygen atoms in total. The highest BCUT2D eigenvalue weighted by Gasteiger charge is 2.06. The first kappa shape index (κ1) is 13.2. The van der Waals surface area contributed by atoms with Crippen LogP contribution in [0.2, 0.25) is 0 Å². The van der Waals surface area contributed by atoms with E-state index in [1.54, 1.807) is 6.07 Å². The van der Waals surface area contributed by atoms with Crippen LogP contribution in [0.5, 0.6) is 0 Å². The molecule has 0 saturated carbocycles. The number of nitrogens with one attached hydrogen (secondary N) is 3. The van der Waals surface area contributed by atoms with Crippen molar-refractivity contribution in [2.24, 2.45) is 0 Å². The second-order valence-electron chi connectivity index (χ2n) is 4.83. The molecule has 21 heavy (non-hydrogen) atoms. The molecule has 0 spiro atoms. The maximum absolute atomic E-state index is 11.9. The third kappa shape index (κ3) is 3.02. The largest absolute Gasteiger partial charge is 0.358 e. The molecule has 1 amide bonds. The molecule has 2 heterocycles. The summed E-state index contributed by atoms with van der Waals surface area (Å²) in [6.45, 7) is 0.512. The predicted octanol–water partition coefficient (Wildman–Crippen LogP) is 1.83. The normalized spacial score (nSPS) is 10.7. The maximum atomic E-state index is 11.9. The minimum atomic E-state index is -0.279. The summed E-state index contributed by atoms with van der Waals surface area (Å²) in [5, 5.41) is 3.97. The van der Waals surface area contributed by atoms with Gasteiger partial charge in [-0.05, 0) is 23.6 Å². The van der Waals surface area contributed by atoms with Crippen LogP contribution >= 0.6 is 0 Å². The smallest absolute Gasteiger partial charge is 0.251 e. The van der Waals surface area contributed by atoms with Gasteiger partial charge in [0.15, 0.2) is 0 Å². The summed E-state index contributed by atoms with van der Waals surface area (Å²) in [6, 6.07) is 13.0. The van der Waals surface area contributed by atoms with Gasteiger partial charge in [-0.2, -0.15) is 0 Å². The van der Waals surface area contributed by atoms with Crippen molar-refractivity contribution in [1.29, 1.82) is 0 Å². The third-order valence-electron chi connectivity index (χ3n) is 3.30. The number of hydrogen-bond donors (Lipinski definition) is 3. The van der Waals surface area contributed by atoms with Crippen LogP contribution in [0.1, 0.15) is 16.1 Å². The molecule has 3 N–H and O–H groups in total. The number of para-hydroxylation sites is 1. The van der Waals surface area contributed by atoms with Gasteiger partial charge in [0.25, 0.3) is 5.91 Å². The van der Waals surface area contributed by atoms with E-state index in [-0.39, 0.29) is 11.5 Å². The van der Waals surface area contributed by atoms with Crippen LogP contribution in [0.3, 0.4) is 0 Å². The van der Waals surface area contributed by atoms with E-state index in [2.05, 4.69) is 21.4 Å². The average molecular weight is 281 g/mol. The molecule has 2 aromatic heterocycles. The van der Waals surface area contributed by atoms with Crippen LogP contribution in [0.25, 0.3) is 10.9 Å². The van der Waals surface area contributed by atoms with E-state index >= 15 is 0 Å². The van der Waals surface area contributed by atoms with Crippen molar-refractivity contribution in [3.63, 3.8) is 0 Å². The summed E-state index contributed by atoms with van der Waals surface area (Å²) >= 11 is 0. The first-order valence-corrected chi connectivity index (χ1v) is 6.76. The minimum Gasteiger partial charge on any atom is -0.358 e. The highest BCUT2D eigenvalue weighted by atomic mass is 16.2. The van der Waals surface area contributed by atoms with E-state index in [1.165, 1.54) is 12.3 Å².